The average molecular weight is 527 g/mol. The molecule has 5 aromatic rings. The second-order valence-electron chi connectivity index (χ2n) is 9.17. The van der Waals surface area contributed by atoms with Crippen molar-refractivity contribution in [2.24, 2.45) is 0 Å². The molecule has 0 saturated carbocycles. The molecule has 0 bridgehead atoms. The van der Waals surface area contributed by atoms with Gasteiger partial charge in [0, 0.05) is 47.6 Å². The van der Waals surface area contributed by atoms with Crippen LogP contribution in [0, 0.1) is 10.1 Å². The van der Waals surface area contributed by atoms with Crippen molar-refractivity contribution >= 4 is 39.3 Å². The van der Waals surface area contributed by atoms with Gasteiger partial charge in [-0.25, -0.2) is 9.78 Å². The first-order chi connectivity index (χ1) is 18.8. The van der Waals surface area contributed by atoms with E-state index in [1.165, 1.54) is 12.3 Å². The Morgan fingerprint density at radius 1 is 1.05 bits per heavy atom. The number of H-pyrrole nitrogens is 1. The molecule has 0 aliphatic carbocycles. The lowest BCUT2D eigenvalue weighted by Crippen LogP contribution is -2.12. The molecule has 2 N–H and O–H groups in total. The number of aryl methyl sites for hydroxylation is 1. The van der Waals surface area contributed by atoms with Crippen molar-refractivity contribution in [1.82, 2.24) is 9.97 Å². The molecule has 5 rings (SSSR count). The number of aromatic amines is 1. The fraction of sp³-hybridized carbons (Fsp3) is 0.172. The molecular weight excluding hydrogens is 500 g/mol. The van der Waals surface area contributed by atoms with Crippen molar-refractivity contribution in [1.29, 1.82) is 0 Å². The van der Waals surface area contributed by atoms with E-state index in [4.69, 9.17) is 9.47 Å². The summed E-state index contributed by atoms with van der Waals surface area (Å²) < 4.78 is 11.2. The SMILES string of the molecule is CN(C)c1ncc([N+](=O)[O-])cc1-c1cccc2c(CCCOc3cccc4ccccc34)c(OC(=O)O)[nH]c12. The first-order valence-electron chi connectivity index (χ1n) is 12.3. The summed E-state index contributed by atoms with van der Waals surface area (Å²) >= 11 is 0. The van der Waals surface area contributed by atoms with Crippen LogP contribution in [0.5, 0.6) is 11.6 Å². The lowest BCUT2D eigenvalue weighted by molar-refractivity contribution is -0.385. The number of nitrogens with zero attached hydrogens (tertiary/aromatic N) is 3. The van der Waals surface area contributed by atoms with Crippen LogP contribution in [-0.4, -0.2) is 46.9 Å². The minimum Gasteiger partial charge on any atom is -0.493 e. The van der Waals surface area contributed by atoms with E-state index in [2.05, 4.69) is 9.97 Å². The predicted molar refractivity (Wildman–Crippen MR) is 149 cm³/mol. The van der Waals surface area contributed by atoms with E-state index in [1.807, 2.05) is 60.7 Å². The van der Waals surface area contributed by atoms with E-state index in [9.17, 15) is 20.0 Å². The number of hydrogen-bond donors (Lipinski definition) is 2. The second-order valence-corrected chi connectivity index (χ2v) is 9.17. The molecule has 0 aliphatic heterocycles. The van der Waals surface area contributed by atoms with Crippen LogP contribution in [0.2, 0.25) is 0 Å². The van der Waals surface area contributed by atoms with E-state index in [0.29, 0.717) is 47.5 Å². The van der Waals surface area contributed by atoms with Crippen molar-refractivity contribution in [3.63, 3.8) is 0 Å². The molecule has 2 aromatic heterocycles. The van der Waals surface area contributed by atoms with Crippen LogP contribution in [0.15, 0.2) is 72.9 Å². The maximum absolute atomic E-state index is 11.5. The van der Waals surface area contributed by atoms with Gasteiger partial charge < -0.3 is 24.5 Å². The fourth-order valence-electron chi connectivity index (χ4n) is 4.75. The van der Waals surface area contributed by atoms with Crippen molar-refractivity contribution in [2.45, 2.75) is 12.8 Å². The van der Waals surface area contributed by atoms with Crippen molar-refractivity contribution in [2.75, 3.05) is 25.6 Å². The average Bonchev–Trinajstić information content (AvgIpc) is 3.27. The zero-order valence-electron chi connectivity index (χ0n) is 21.4. The summed E-state index contributed by atoms with van der Waals surface area (Å²) in [5, 5.41) is 23.7. The second kappa shape index (κ2) is 10.7. The summed E-state index contributed by atoms with van der Waals surface area (Å²) in [5.74, 6) is 1.43. The van der Waals surface area contributed by atoms with Crippen LogP contribution in [0.1, 0.15) is 12.0 Å². The Morgan fingerprint density at radius 2 is 1.79 bits per heavy atom. The Kier molecular flexibility index (Phi) is 7.00. The Bertz CT molecular complexity index is 1690. The molecule has 39 heavy (non-hydrogen) atoms. The maximum atomic E-state index is 11.5. The molecule has 10 nitrogen and oxygen atoms in total. The number of pyridine rings is 1. The highest BCUT2D eigenvalue weighted by atomic mass is 16.7. The van der Waals surface area contributed by atoms with Crippen LogP contribution in [-0.2, 0) is 6.42 Å². The zero-order chi connectivity index (χ0) is 27.5. The number of carboxylic acid groups (broad SMARTS) is 1. The Balaban J connectivity index is 1.48. The van der Waals surface area contributed by atoms with E-state index in [-0.39, 0.29) is 11.6 Å². The smallest absolute Gasteiger partial charge is 0.493 e. The normalized spacial score (nSPS) is 11.0. The number of carbonyl (C=O) groups is 1. The minimum absolute atomic E-state index is 0.111. The minimum atomic E-state index is -1.44. The van der Waals surface area contributed by atoms with Gasteiger partial charge in [-0.1, -0.05) is 54.6 Å². The number of aromatic nitrogens is 2. The summed E-state index contributed by atoms with van der Waals surface area (Å²) in [5.41, 5.74) is 2.31. The fourth-order valence-corrected chi connectivity index (χ4v) is 4.75. The topological polar surface area (TPSA) is 131 Å². The molecule has 3 aromatic carbocycles. The van der Waals surface area contributed by atoms with Gasteiger partial charge in [0.15, 0.2) is 0 Å². The molecule has 0 fully saturated rings. The largest absolute Gasteiger partial charge is 0.512 e. The van der Waals surface area contributed by atoms with Gasteiger partial charge in [-0.2, -0.15) is 0 Å². The van der Waals surface area contributed by atoms with E-state index in [0.717, 1.165) is 21.9 Å². The van der Waals surface area contributed by atoms with Crippen LogP contribution in [0.3, 0.4) is 0 Å². The Labute approximate surface area is 223 Å². The van der Waals surface area contributed by atoms with Gasteiger partial charge in [-0.3, -0.25) is 10.1 Å². The van der Waals surface area contributed by atoms with Gasteiger partial charge in [0.05, 0.1) is 17.0 Å². The van der Waals surface area contributed by atoms with Crippen LogP contribution in [0.25, 0.3) is 32.8 Å². The standard InChI is InChI=1S/C29H26N4O6/c1-32(2)27-24(16-19(17-30-27)33(36)37)22-12-6-11-21-23(28(31-26(21)22)39-29(34)35)13-7-15-38-25-14-5-9-18-8-3-4-10-20(18)25/h3-6,8-12,14,16-17,31H,7,13,15H2,1-2H3,(H,34,35). The lowest BCUT2D eigenvalue weighted by atomic mass is 10.0. The zero-order valence-corrected chi connectivity index (χ0v) is 21.4. The number of nitrogens with one attached hydrogen (secondary N) is 1. The number of hydrogen-bond acceptors (Lipinski definition) is 7. The first-order valence-corrected chi connectivity index (χ1v) is 12.3. The molecule has 0 aliphatic rings. The van der Waals surface area contributed by atoms with Crippen molar-refractivity contribution < 1.29 is 24.3 Å². The van der Waals surface area contributed by atoms with Crippen LogP contribution in [0.4, 0.5) is 16.3 Å². The number of anilines is 1. The van der Waals surface area contributed by atoms with E-state index >= 15 is 0 Å². The molecule has 0 radical (unpaired) electrons. The summed E-state index contributed by atoms with van der Waals surface area (Å²) in [7, 11) is 3.60. The van der Waals surface area contributed by atoms with Gasteiger partial charge in [0.1, 0.15) is 17.8 Å². The predicted octanol–water partition coefficient (Wildman–Crippen LogP) is 6.43. The number of para-hydroxylation sites is 1. The highest BCUT2D eigenvalue weighted by molar-refractivity contribution is 6.00. The molecule has 0 spiro atoms. The van der Waals surface area contributed by atoms with E-state index in [1.54, 1.807) is 19.0 Å². The third-order valence-electron chi connectivity index (χ3n) is 6.45. The number of nitro groups is 1. The molecule has 2 heterocycles. The quantitative estimate of drug-likeness (QED) is 0.0973. The van der Waals surface area contributed by atoms with Crippen LogP contribution >= 0.6 is 0 Å². The number of benzene rings is 3. The van der Waals surface area contributed by atoms with Gasteiger partial charge >= 0.3 is 6.16 Å². The number of ether oxygens (including phenoxy) is 2. The highest BCUT2D eigenvalue weighted by Gasteiger charge is 2.22. The summed E-state index contributed by atoms with van der Waals surface area (Å²) in [6, 6.07) is 20.8. The monoisotopic (exact) mass is 526 g/mol. The summed E-state index contributed by atoms with van der Waals surface area (Å²) in [4.78, 5) is 31.6. The van der Waals surface area contributed by atoms with E-state index < -0.39 is 11.1 Å². The lowest BCUT2D eigenvalue weighted by Gasteiger charge is -2.16. The van der Waals surface area contributed by atoms with Gasteiger partial charge in [-0.05, 0) is 24.3 Å². The van der Waals surface area contributed by atoms with Gasteiger partial charge in [-0.15, -0.1) is 0 Å². The molecule has 0 amide bonds. The van der Waals surface area contributed by atoms with Gasteiger partial charge in [0.2, 0.25) is 5.88 Å². The number of fused-ring (bicyclic) bond motifs is 2. The molecule has 0 unspecified atom stereocenters. The Morgan fingerprint density at radius 3 is 2.56 bits per heavy atom. The first kappa shape index (κ1) is 25.5. The Hall–Kier alpha value is -5.12. The maximum Gasteiger partial charge on any atom is 0.512 e. The highest BCUT2D eigenvalue weighted by Crippen LogP contribution is 2.39. The van der Waals surface area contributed by atoms with Crippen molar-refractivity contribution in [3.8, 4) is 22.8 Å². The van der Waals surface area contributed by atoms with Gasteiger partial charge in [0.25, 0.3) is 5.69 Å². The van der Waals surface area contributed by atoms with Crippen molar-refractivity contribution in [3.05, 3.63) is 88.6 Å². The molecule has 0 saturated heterocycles. The number of rotatable bonds is 9. The summed E-state index contributed by atoms with van der Waals surface area (Å²) in [6.07, 6.45) is 0.846. The molecule has 10 heteroatoms. The third-order valence-corrected chi connectivity index (χ3v) is 6.45. The summed E-state index contributed by atoms with van der Waals surface area (Å²) in [6.45, 7) is 0.409. The molecule has 0 atom stereocenters. The molecular formula is C29H26N4O6. The van der Waals surface area contributed by atoms with Crippen LogP contribution < -0.4 is 14.4 Å². The molecule has 198 valence electrons. The third kappa shape index (κ3) is 5.17.